The zero-order valence-corrected chi connectivity index (χ0v) is 32.8. The van der Waals surface area contributed by atoms with Gasteiger partial charge in [0.1, 0.15) is 17.8 Å². The maximum absolute atomic E-state index is 15.0. The Balaban J connectivity index is 2.76. The largest absolute Gasteiger partial charge is 0.458 e. The standard InChI is InChI=1S/C37H50O18/c1-17(2)32(45)53-31-28(50-20(5)40)30(51-21(6)41)34(9,10)14-15-35(11,47)33(46)37(55-23(8)43)16-24(48-18(3)38)27(49-19(4)39)26(37)29-36(31,54-22(7)42)13-12-25(44)52-29/h14-15,17,24,26-31,47H,12-13,16H2,1-11H3/b15-14-/t24-,26?,27-,28-,29?,30+,31+,35+,36-,37+/m1/s1. The van der Waals surface area contributed by atoms with Crippen LogP contribution < -0.4 is 0 Å². The van der Waals surface area contributed by atoms with Crippen molar-refractivity contribution in [2.45, 2.75) is 149 Å². The van der Waals surface area contributed by atoms with Gasteiger partial charge in [0.2, 0.25) is 5.78 Å². The molecule has 0 amide bonds. The third-order valence-electron chi connectivity index (χ3n) is 9.63. The minimum Gasteiger partial charge on any atom is -0.458 e. The summed E-state index contributed by atoms with van der Waals surface area (Å²) in [6.07, 6.45) is -11.1. The van der Waals surface area contributed by atoms with Crippen LogP contribution in [-0.4, -0.2) is 112 Å². The van der Waals surface area contributed by atoms with E-state index in [2.05, 4.69) is 0 Å². The SMILES string of the molecule is CC(=O)O[C@@H]1[C@H](OC(C)=O)C(C)(C)/C=C\[C@](C)(O)C(=O)[C@]2(OC(C)=O)C[C@@H](OC(C)=O)[C@@H](OC(C)=O)C2C2OC(=O)CC[C@]2(OC(C)=O)[C@H]1OC(=O)C(C)C. The molecule has 0 bridgehead atoms. The highest BCUT2D eigenvalue weighted by Gasteiger charge is 2.75. The van der Waals surface area contributed by atoms with Crippen molar-refractivity contribution < 1.29 is 86.2 Å². The van der Waals surface area contributed by atoms with Crippen LogP contribution in [0.15, 0.2) is 12.2 Å². The predicted octanol–water partition coefficient (Wildman–Crippen LogP) is 1.53. The summed E-state index contributed by atoms with van der Waals surface area (Å²) < 4.78 is 46.7. The van der Waals surface area contributed by atoms with Gasteiger partial charge < -0.3 is 43.0 Å². The molecule has 18 nitrogen and oxygen atoms in total. The molecule has 1 saturated heterocycles. The molecule has 1 aliphatic heterocycles. The number of ketones is 1. The lowest BCUT2D eigenvalue weighted by molar-refractivity contribution is -0.272. The summed E-state index contributed by atoms with van der Waals surface area (Å²) in [6, 6.07) is 0. The first-order chi connectivity index (χ1) is 25.2. The van der Waals surface area contributed by atoms with Gasteiger partial charge in [-0.1, -0.05) is 33.8 Å². The zero-order chi connectivity index (χ0) is 42.0. The van der Waals surface area contributed by atoms with Crippen molar-refractivity contribution in [2.75, 3.05) is 0 Å². The minimum atomic E-state index is -2.74. The number of Topliss-reactive ketones (excluding diaryl/α,β-unsaturated/α-hetero) is 1. The van der Waals surface area contributed by atoms with E-state index >= 15 is 4.79 Å². The van der Waals surface area contributed by atoms with Crippen LogP contribution in [0.1, 0.15) is 95.4 Å². The molecule has 1 N–H and O–H groups in total. The second-order valence-electron chi connectivity index (χ2n) is 15.1. The van der Waals surface area contributed by atoms with Crippen molar-refractivity contribution >= 4 is 53.5 Å². The van der Waals surface area contributed by atoms with Gasteiger partial charge in [-0.3, -0.25) is 43.2 Å². The molecular weight excluding hydrogens is 732 g/mol. The summed E-state index contributed by atoms with van der Waals surface area (Å²) in [6.45, 7) is 12.7. The molecule has 3 rings (SSSR count). The van der Waals surface area contributed by atoms with E-state index in [4.69, 9.17) is 37.9 Å². The van der Waals surface area contributed by atoms with Crippen LogP contribution in [-0.2, 0) is 81.0 Å². The molecule has 1 heterocycles. The van der Waals surface area contributed by atoms with Gasteiger partial charge in [0.15, 0.2) is 35.6 Å². The normalized spacial score (nSPS) is 34.8. The van der Waals surface area contributed by atoms with E-state index < -0.39 is 143 Å². The topological polar surface area (TPSA) is 248 Å². The average molecular weight is 783 g/mol. The van der Waals surface area contributed by atoms with E-state index in [0.717, 1.165) is 54.5 Å². The highest BCUT2D eigenvalue weighted by Crippen LogP contribution is 2.54. The Hall–Kier alpha value is -4.87. The van der Waals surface area contributed by atoms with Crippen molar-refractivity contribution in [3.63, 3.8) is 0 Å². The van der Waals surface area contributed by atoms with Crippen molar-refractivity contribution in [3.8, 4) is 0 Å². The van der Waals surface area contributed by atoms with Crippen LogP contribution in [0.4, 0.5) is 0 Å². The number of fused-ring (bicyclic) bond motifs is 3. The number of aliphatic hydroxyl groups is 1. The number of hydrogen-bond acceptors (Lipinski definition) is 18. The van der Waals surface area contributed by atoms with Crippen LogP contribution in [0.5, 0.6) is 0 Å². The maximum Gasteiger partial charge on any atom is 0.308 e. The van der Waals surface area contributed by atoms with Crippen molar-refractivity contribution in [1.29, 1.82) is 0 Å². The average Bonchev–Trinajstić information content (AvgIpc) is 3.30. The monoisotopic (exact) mass is 782 g/mol. The van der Waals surface area contributed by atoms with Crippen molar-refractivity contribution in [2.24, 2.45) is 17.3 Å². The minimum absolute atomic E-state index is 0.571. The first-order valence-corrected chi connectivity index (χ1v) is 17.7. The van der Waals surface area contributed by atoms with Crippen LogP contribution in [0.3, 0.4) is 0 Å². The van der Waals surface area contributed by atoms with Crippen LogP contribution in [0.25, 0.3) is 0 Å². The molecule has 10 atom stereocenters. The molecule has 18 heteroatoms. The third kappa shape index (κ3) is 9.51. The first kappa shape index (κ1) is 44.5. The molecule has 0 aromatic heterocycles. The lowest BCUT2D eigenvalue weighted by atomic mass is 9.65. The summed E-state index contributed by atoms with van der Waals surface area (Å²) in [4.78, 5) is 120. The maximum atomic E-state index is 15.0. The van der Waals surface area contributed by atoms with Gasteiger partial charge in [0, 0.05) is 66.2 Å². The van der Waals surface area contributed by atoms with Gasteiger partial charge in [0.25, 0.3) is 0 Å². The van der Waals surface area contributed by atoms with Crippen molar-refractivity contribution in [1.82, 2.24) is 0 Å². The summed E-state index contributed by atoms with van der Waals surface area (Å²) in [5.74, 6) is -12.4. The molecule has 55 heavy (non-hydrogen) atoms. The molecule has 1 saturated carbocycles. The van der Waals surface area contributed by atoms with Gasteiger partial charge >= 0.3 is 47.8 Å². The molecule has 2 fully saturated rings. The van der Waals surface area contributed by atoms with E-state index in [-0.39, 0.29) is 0 Å². The number of ether oxygens (including phenoxy) is 8. The molecule has 0 aromatic carbocycles. The van der Waals surface area contributed by atoms with Crippen LogP contribution in [0, 0.1) is 17.3 Å². The lowest BCUT2D eigenvalue weighted by Gasteiger charge is -2.53. The molecule has 2 aliphatic carbocycles. The van der Waals surface area contributed by atoms with Crippen molar-refractivity contribution in [3.05, 3.63) is 12.2 Å². The second kappa shape index (κ2) is 16.5. The number of carbonyl (C=O) groups is 9. The Labute approximate surface area is 317 Å². The van der Waals surface area contributed by atoms with E-state index in [1.54, 1.807) is 0 Å². The van der Waals surface area contributed by atoms with E-state index in [1.165, 1.54) is 33.8 Å². The third-order valence-corrected chi connectivity index (χ3v) is 9.63. The smallest absolute Gasteiger partial charge is 0.308 e. The second-order valence-corrected chi connectivity index (χ2v) is 15.1. The quantitative estimate of drug-likeness (QED) is 0.208. The number of rotatable bonds is 8. The molecule has 0 spiro atoms. The van der Waals surface area contributed by atoms with Crippen LogP contribution >= 0.6 is 0 Å². The van der Waals surface area contributed by atoms with Crippen LogP contribution in [0.2, 0.25) is 0 Å². The predicted molar refractivity (Wildman–Crippen MR) is 182 cm³/mol. The van der Waals surface area contributed by atoms with Gasteiger partial charge in [-0.05, 0) is 13.0 Å². The van der Waals surface area contributed by atoms with Gasteiger partial charge in [-0.25, -0.2) is 0 Å². The highest BCUT2D eigenvalue weighted by molar-refractivity contribution is 5.98. The molecular formula is C37H50O18. The fourth-order valence-corrected chi connectivity index (χ4v) is 7.62. The zero-order valence-electron chi connectivity index (χ0n) is 32.8. The fourth-order valence-electron chi connectivity index (χ4n) is 7.62. The Morgan fingerprint density at radius 3 is 1.73 bits per heavy atom. The van der Waals surface area contributed by atoms with Gasteiger partial charge in [0.05, 0.1) is 11.8 Å². The van der Waals surface area contributed by atoms with Gasteiger partial charge in [-0.2, -0.15) is 0 Å². The summed E-state index contributed by atoms with van der Waals surface area (Å²) >= 11 is 0. The van der Waals surface area contributed by atoms with E-state index in [1.807, 2.05) is 0 Å². The molecule has 0 aromatic rings. The number of hydrogen-bond donors (Lipinski definition) is 1. The Kier molecular flexibility index (Phi) is 13.3. The Morgan fingerprint density at radius 2 is 1.24 bits per heavy atom. The lowest BCUT2D eigenvalue weighted by Crippen LogP contribution is -2.72. The molecule has 0 radical (unpaired) electrons. The summed E-state index contributed by atoms with van der Waals surface area (Å²) in [5.41, 5.74) is -9.52. The summed E-state index contributed by atoms with van der Waals surface area (Å²) in [5, 5.41) is 12.0. The van der Waals surface area contributed by atoms with Gasteiger partial charge in [-0.15, -0.1) is 0 Å². The molecule has 306 valence electrons. The Bertz CT molecular complexity index is 1620. The first-order valence-electron chi connectivity index (χ1n) is 17.7. The molecule has 2 unspecified atom stereocenters. The van der Waals surface area contributed by atoms with E-state index in [0.29, 0.717) is 0 Å². The molecule has 3 aliphatic rings. The van der Waals surface area contributed by atoms with E-state index in [9.17, 15) is 43.5 Å². The number of esters is 8. The Morgan fingerprint density at radius 1 is 0.709 bits per heavy atom. The summed E-state index contributed by atoms with van der Waals surface area (Å²) in [7, 11) is 0. The number of carbonyl (C=O) groups excluding carboxylic acids is 9. The highest BCUT2D eigenvalue weighted by atomic mass is 16.7. The fraction of sp³-hybridized carbons (Fsp3) is 0.703.